The van der Waals surface area contributed by atoms with E-state index in [9.17, 15) is 9.90 Å². The summed E-state index contributed by atoms with van der Waals surface area (Å²) >= 11 is 6.15. The lowest BCUT2D eigenvalue weighted by Gasteiger charge is -2.39. The summed E-state index contributed by atoms with van der Waals surface area (Å²) in [4.78, 5) is 15.9. The highest BCUT2D eigenvalue weighted by Crippen LogP contribution is 2.37. The summed E-state index contributed by atoms with van der Waals surface area (Å²) in [6.07, 6.45) is 2.17. The van der Waals surface area contributed by atoms with Gasteiger partial charge in [-0.3, -0.25) is 10.1 Å². The first-order valence-electron chi connectivity index (χ1n) is 11.5. The molecule has 0 aliphatic heterocycles. The average molecular weight is 481 g/mol. The number of hydrogen-bond donors (Lipinski definition) is 3. The molecule has 0 saturated heterocycles. The Kier molecular flexibility index (Phi) is 6.41. The van der Waals surface area contributed by atoms with Gasteiger partial charge in [0.05, 0.1) is 5.54 Å². The zero-order valence-electron chi connectivity index (χ0n) is 19.0. The number of hydrogen-bond acceptors (Lipinski definition) is 2. The quantitative estimate of drug-likeness (QED) is 0.225. The molecule has 5 aromatic rings. The SMILES string of the molecule is O=C(O)[C@H](Cc1c[nH]c2cc(Cl)ccc12)NC(c1ccccc1)(c1ccccc1)c1ccccc1. The van der Waals surface area contributed by atoms with Crippen LogP contribution in [0.25, 0.3) is 10.9 Å². The molecule has 0 aliphatic rings. The summed E-state index contributed by atoms with van der Waals surface area (Å²) in [7, 11) is 0. The van der Waals surface area contributed by atoms with Gasteiger partial charge in [0.2, 0.25) is 0 Å². The maximum atomic E-state index is 12.7. The Morgan fingerprint density at radius 2 is 1.34 bits per heavy atom. The fourth-order valence-corrected chi connectivity index (χ4v) is 5.00. The van der Waals surface area contributed by atoms with Crippen LogP contribution in [0, 0.1) is 0 Å². The van der Waals surface area contributed by atoms with Crippen molar-refractivity contribution >= 4 is 28.5 Å². The Balaban J connectivity index is 1.66. The van der Waals surface area contributed by atoms with E-state index < -0.39 is 17.6 Å². The molecule has 0 unspecified atom stereocenters. The van der Waals surface area contributed by atoms with Gasteiger partial charge in [0.15, 0.2) is 0 Å². The third-order valence-corrected chi connectivity index (χ3v) is 6.70. The van der Waals surface area contributed by atoms with Crippen molar-refractivity contribution in [2.45, 2.75) is 18.0 Å². The molecule has 4 nitrogen and oxygen atoms in total. The maximum absolute atomic E-state index is 12.7. The van der Waals surface area contributed by atoms with E-state index in [1.807, 2.05) is 115 Å². The molecular formula is C30H25ClN2O2. The fourth-order valence-electron chi connectivity index (χ4n) is 4.82. The van der Waals surface area contributed by atoms with E-state index >= 15 is 0 Å². The molecule has 0 bridgehead atoms. The van der Waals surface area contributed by atoms with Gasteiger partial charge in [-0.05, 0) is 34.4 Å². The normalized spacial score (nSPS) is 12.5. The Labute approximate surface area is 209 Å². The average Bonchev–Trinajstić information content (AvgIpc) is 3.29. The summed E-state index contributed by atoms with van der Waals surface area (Å²) in [6.45, 7) is 0. The molecule has 0 saturated carbocycles. The van der Waals surface area contributed by atoms with Crippen molar-refractivity contribution in [3.8, 4) is 0 Å². The number of benzene rings is 4. The molecule has 1 atom stereocenters. The lowest BCUT2D eigenvalue weighted by molar-refractivity contribution is -0.139. The Hall–Kier alpha value is -3.86. The summed E-state index contributed by atoms with van der Waals surface area (Å²) in [5.41, 5.74) is 3.83. The highest BCUT2D eigenvalue weighted by Gasteiger charge is 2.40. The van der Waals surface area contributed by atoms with E-state index in [-0.39, 0.29) is 0 Å². The molecular weight excluding hydrogens is 456 g/mol. The van der Waals surface area contributed by atoms with Crippen LogP contribution in [0.4, 0.5) is 0 Å². The Bertz CT molecular complexity index is 1340. The maximum Gasteiger partial charge on any atom is 0.321 e. The number of aromatic nitrogens is 1. The highest BCUT2D eigenvalue weighted by atomic mass is 35.5. The standard InChI is InChI=1S/C30H25ClN2O2/c31-25-16-17-26-21(20-32-27(26)19-25)18-28(29(34)35)33-30(22-10-4-1-5-11-22,23-12-6-2-7-13-23)24-14-8-3-9-15-24/h1-17,19-20,28,32-33H,18H2,(H,34,35)/t28-/m0/s1. The minimum absolute atomic E-state index is 0.297. The van der Waals surface area contributed by atoms with E-state index in [4.69, 9.17) is 11.6 Å². The number of carboxylic acids is 1. The number of nitrogens with one attached hydrogen (secondary N) is 2. The van der Waals surface area contributed by atoms with E-state index in [2.05, 4.69) is 10.3 Å². The van der Waals surface area contributed by atoms with E-state index in [0.29, 0.717) is 11.4 Å². The topological polar surface area (TPSA) is 65.1 Å². The van der Waals surface area contributed by atoms with Crippen LogP contribution < -0.4 is 5.32 Å². The van der Waals surface area contributed by atoms with Crippen molar-refractivity contribution in [3.63, 3.8) is 0 Å². The number of aliphatic carboxylic acids is 1. The fraction of sp³-hybridized carbons (Fsp3) is 0.100. The van der Waals surface area contributed by atoms with Crippen molar-refractivity contribution in [1.82, 2.24) is 10.3 Å². The van der Waals surface area contributed by atoms with Crippen LogP contribution in [0.2, 0.25) is 5.02 Å². The number of aromatic amines is 1. The van der Waals surface area contributed by atoms with Crippen molar-refractivity contribution in [3.05, 3.63) is 143 Å². The predicted octanol–water partition coefficient (Wildman–Crippen LogP) is 6.40. The minimum Gasteiger partial charge on any atom is -0.480 e. The second kappa shape index (κ2) is 9.79. The molecule has 0 radical (unpaired) electrons. The van der Waals surface area contributed by atoms with Crippen LogP contribution in [0.5, 0.6) is 0 Å². The van der Waals surface area contributed by atoms with Gasteiger partial charge in [-0.1, -0.05) is 109 Å². The number of halogens is 1. The third kappa shape index (κ3) is 4.46. The number of carboxylic acid groups (broad SMARTS) is 1. The monoisotopic (exact) mass is 480 g/mol. The zero-order chi connectivity index (χ0) is 24.3. The summed E-state index contributed by atoms with van der Waals surface area (Å²) < 4.78 is 0. The summed E-state index contributed by atoms with van der Waals surface area (Å²) in [5, 5.41) is 15.6. The molecule has 35 heavy (non-hydrogen) atoms. The van der Waals surface area contributed by atoms with Crippen LogP contribution in [0.15, 0.2) is 115 Å². The molecule has 0 spiro atoms. The number of fused-ring (bicyclic) bond motifs is 1. The van der Waals surface area contributed by atoms with Crippen LogP contribution >= 0.6 is 11.6 Å². The first kappa shape index (κ1) is 22.9. The molecule has 174 valence electrons. The van der Waals surface area contributed by atoms with Crippen LogP contribution in [-0.2, 0) is 16.8 Å². The lowest BCUT2D eigenvalue weighted by Crippen LogP contribution is -2.53. The molecule has 0 aliphatic carbocycles. The zero-order valence-corrected chi connectivity index (χ0v) is 19.7. The van der Waals surface area contributed by atoms with Crippen molar-refractivity contribution < 1.29 is 9.90 Å². The molecule has 1 aromatic heterocycles. The second-order valence-corrected chi connectivity index (χ2v) is 9.03. The number of carbonyl (C=O) groups is 1. The predicted molar refractivity (Wildman–Crippen MR) is 141 cm³/mol. The minimum atomic E-state index is -0.916. The van der Waals surface area contributed by atoms with Gasteiger partial charge in [-0.15, -0.1) is 0 Å². The molecule has 1 heterocycles. The van der Waals surface area contributed by atoms with Crippen molar-refractivity contribution in [2.75, 3.05) is 0 Å². The van der Waals surface area contributed by atoms with E-state index in [1.165, 1.54) is 0 Å². The van der Waals surface area contributed by atoms with Gasteiger partial charge < -0.3 is 10.1 Å². The highest BCUT2D eigenvalue weighted by molar-refractivity contribution is 6.31. The summed E-state index contributed by atoms with van der Waals surface area (Å²) in [6, 6.07) is 34.8. The Morgan fingerprint density at radius 3 is 1.83 bits per heavy atom. The van der Waals surface area contributed by atoms with Gasteiger partial charge in [-0.25, -0.2) is 0 Å². The summed E-state index contributed by atoms with van der Waals surface area (Å²) in [5.74, 6) is -0.916. The lowest BCUT2D eigenvalue weighted by atomic mass is 9.76. The van der Waals surface area contributed by atoms with Gasteiger partial charge in [-0.2, -0.15) is 0 Å². The first-order valence-corrected chi connectivity index (χ1v) is 11.9. The van der Waals surface area contributed by atoms with E-state index in [0.717, 1.165) is 33.2 Å². The number of H-pyrrole nitrogens is 1. The molecule has 4 aromatic carbocycles. The van der Waals surface area contributed by atoms with Crippen LogP contribution in [0.3, 0.4) is 0 Å². The largest absolute Gasteiger partial charge is 0.480 e. The van der Waals surface area contributed by atoms with Gasteiger partial charge in [0.25, 0.3) is 0 Å². The van der Waals surface area contributed by atoms with E-state index in [1.54, 1.807) is 0 Å². The van der Waals surface area contributed by atoms with Crippen LogP contribution in [-0.4, -0.2) is 22.1 Å². The third-order valence-electron chi connectivity index (χ3n) is 6.46. The number of rotatable bonds is 8. The molecule has 5 rings (SSSR count). The second-order valence-electron chi connectivity index (χ2n) is 8.59. The molecule has 0 fully saturated rings. The van der Waals surface area contributed by atoms with Crippen molar-refractivity contribution in [2.24, 2.45) is 0 Å². The van der Waals surface area contributed by atoms with Crippen LogP contribution in [0.1, 0.15) is 22.3 Å². The van der Waals surface area contributed by atoms with Crippen molar-refractivity contribution in [1.29, 1.82) is 0 Å². The smallest absolute Gasteiger partial charge is 0.321 e. The van der Waals surface area contributed by atoms with Gasteiger partial charge in [0, 0.05) is 28.5 Å². The van der Waals surface area contributed by atoms with Gasteiger partial charge in [0.1, 0.15) is 6.04 Å². The molecule has 5 heteroatoms. The Morgan fingerprint density at radius 1 is 0.829 bits per heavy atom. The molecule has 0 amide bonds. The molecule has 3 N–H and O–H groups in total. The van der Waals surface area contributed by atoms with Gasteiger partial charge >= 0.3 is 5.97 Å². The first-order chi connectivity index (χ1) is 17.1.